The van der Waals surface area contributed by atoms with Crippen LogP contribution >= 0.6 is 7.82 Å². The number of phosphoric ester groups is 1. The van der Waals surface area contributed by atoms with Crippen LogP contribution in [-0.2, 0) is 32.7 Å². The van der Waals surface area contributed by atoms with Gasteiger partial charge in [0, 0.05) is 19.4 Å². The molecule has 0 spiro atoms. The van der Waals surface area contributed by atoms with E-state index in [1.807, 2.05) is 0 Å². The molecule has 0 aromatic rings. The van der Waals surface area contributed by atoms with E-state index in [-0.39, 0.29) is 38.6 Å². The van der Waals surface area contributed by atoms with Crippen molar-refractivity contribution in [3.05, 3.63) is 36.5 Å². The SMILES string of the molecule is CCCCCC=CCC=CCC=CCCCCCCC(=O)OC(COC(=O)CCCCCCCCCCCCCC)COP(=O)(O)OCCN. The van der Waals surface area contributed by atoms with Crippen LogP contribution in [0.2, 0.25) is 0 Å². The summed E-state index contributed by atoms with van der Waals surface area (Å²) in [6.45, 7) is 3.67. The van der Waals surface area contributed by atoms with Gasteiger partial charge in [0.05, 0.1) is 13.2 Å². The van der Waals surface area contributed by atoms with Gasteiger partial charge in [-0.15, -0.1) is 0 Å². The van der Waals surface area contributed by atoms with Crippen molar-refractivity contribution in [2.75, 3.05) is 26.4 Å². The summed E-state index contributed by atoms with van der Waals surface area (Å²) in [5.41, 5.74) is 5.33. The van der Waals surface area contributed by atoms with E-state index in [1.165, 1.54) is 83.5 Å². The number of esters is 2. The first-order valence-corrected chi connectivity index (χ1v) is 21.5. The third kappa shape index (κ3) is 36.0. The lowest BCUT2D eigenvalue weighted by Gasteiger charge is -2.19. The summed E-state index contributed by atoms with van der Waals surface area (Å²) in [6, 6.07) is 0. The summed E-state index contributed by atoms with van der Waals surface area (Å²) in [4.78, 5) is 34.7. The number of unbranched alkanes of at least 4 members (excludes halogenated alkanes) is 18. The van der Waals surface area contributed by atoms with Crippen molar-refractivity contribution in [2.24, 2.45) is 5.73 Å². The summed E-state index contributed by atoms with van der Waals surface area (Å²) in [5.74, 6) is -0.853. The van der Waals surface area contributed by atoms with Crippen LogP contribution in [0.15, 0.2) is 36.5 Å². The van der Waals surface area contributed by atoms with Crippen molar-refractivity contribution in [1.29, 1.82) is 0 Å². The standard InChI is InChI=1S/C40H74NO8P/c1-3-5-7-9-11-13-15-17-18-19-20-21-23-25-27-29-31-33-40(43)49-38(37-48-50(44,45)47-35-34-41)36-46-39(42)32-30-28-26-24-22-16-14-12-10-8-6-4-2/h11,13,17-18,20-21,38H,3-10,12,14-16,19,22-37,41H2,1-2H3,(H,44,45). The summed E-state index contributed by atoms with van der Waals surface area (Å²) in [7, 11) is -4.38. The Hall–Kier alpha value is -1.77. The molecule has 0 heterocycles. The van der Waals surface area contributed by atoms with E-state index in [0.29, 0.717) is 6.42 Å². The molecule has 0 aliphatic carbocycles. The Labute approximate surface area is 305 Å². The molecule has 0 fully saturated rings. The molecule has 2 unspecified atom stereocenters. The first-order valence-electron chi connectivity index (χ1n) is 20.0. The summed E-state index contributed by atoms with van der Waals surface area (Å²) in [5, 5.41) is 0. The lowest BCUT2D eigenvalue weighted by Crippen LogP contribution is -2.29. The number of phosphoric acid groups is 1. The molecule has 0 saturated heterocycles. The van der Waals surface area contributed by atoms with Crippen LogP contribution in [0.3, 0.4) is 0 Å². The molecule has 0 amide bonds. The molecule has 0 saturated carbocycles. The maximum atomic E-state index is 12.5. The molecule has 2 atom stereocenters. The zero-order valence-corrected chi connectivity index (χ0v) is 32.8. The maximum absolute atomic E-state index is 12.5. The van der Waals surface area contributed by atoms with Crippen LogP contribution in [0.1, 0.15) is 174 Å². The number of hydrogen-bond acceptors (Lipinski definition) is 8. The van der Waals surface area contributed by atoms with Gasteiger partial charge in [0.15, 0.2) is 6.10 Å². The number of rotatable bonds is 37. The van der Waals surface area contributed by atoms with Crippen molar-refractivity contribution >= 4 is 19.8 Å². The van der Waals surface area contributed by atoms with Crippen LogP contribution in [0.25, 0.3) is 0 Å². The van der Waals surface area contributed by atoms with E-state index >= 15 is 0 Å². The van der Waals surface area contributed by atoms with Crippen LogP contribution in [0, 0.1) is 0 Å². The predicted molar refractivity (Wildman–Crippen MR) is 206 cm³/mol. The second-order valence-corrected chi connectivity index (χ2v) is 14.6. The Morgan fingerprint density at radius 2 is 1.04 bits per heavy atom. The number of ether oxygens (including phenoxy) is 2. The van der Waals surface area contributed by atoms with Crippen molar-refractivity contribution in [3.63, 3.8) is 0 Å². The topological polar surface area (TPSA) is 134 Å². The Morgan fingerprint density at radius 1 is 0.600 bits per heavy atom. The second kappa shape index (κ2) is 37.0. The van der Waals surface area contributed by atoms with Crippen molar-refractivity contribution in [2.45, 2.75) is 180 Å². The molecule has 292 valence electrons. The van der Waals surface area contributed by atoms with E-state index in [9.17, 15) is 19.0 Å². The summed E-state index contributed by atoms with van der Waals surface area (Å²) >= 11 is 0. The van der Waals surface area contributed by atoms with E-state index < -0.39 is 26.5 Å². The first-order chi connectivity index (χ1) is 24.3. The van der Waals surface area contributed by atoms with E-state index in [2.05, 4.69) is 50.3 Å². The maximum Gasteiger partial charge on any atom is 0.472 e. The van der Waals surface area contributed by atoms with Crippen molar-refractivity contribution in [3.8, 4) is 0 Å². The molecular weight excluding hydrogens is 653 g/mol. The number of carbonyl (C=O) groups is 2. The van der Waals surface area contributed by atoms with Crippen molar-refractivity contribution < 1.29 is 37.6 Å². The van der Waals surface area contributed by atoms with E-state index in [1.54, 1.807) is 0 Å². The highest BCUT2D eigenvalue weighted by atomic mass is 31.2. The Balaban J connectivity index is 4.25. The fourth-order valence-corrected chi connectivity index (χ4v) is 6.05. The Morgan fingerprint density at radius 3 is 1.58 bits per heavy atom. The summed E-state index contributed by atoms with van der Waals surface area (Å²) < 4.78 is 32.7. The smallest absolute Gasteiger partial charge is 0.462 e. The Kier molecular flexibility index (Phi) is 35.7. The number of carbonyl (C=O) groups excluding carboxylic acids is 2. The lowest BCUT2D eigenvalue weighted by atomic mass is 10.0. The van der Waals surface area contributed by atoms with Gasteiger partial charge < -0.3 is 20.1 Å². The monoisotopic (exact) mass is 728 g/mol. The molecule has 0 rings (SSSR count). The van der Waals surface area contributed by atoms with Crippen molar-refractivity contribution in [1.82, 2.24) is 0 Å². The average Bonchev–Trinajstić information content (AvgIpc) is 3.10. The molecule has 3 N–H and O–H groups in total. The van der Waals surface area contributed by atoms with Gasteiger partial charge in [-0.25, -0.2) is 4.57 Å². The highest BCUT2D eigenvalue weighted by molar-refractivity contribution is 7.47. The number of hydrogen-bond donors (Lipinski definition) is 2. The van der Waals surface area contributed by atoms with Gasteiger partial charge in [-0.1, -0.05) is 147 Å². The van der Waals surface area contributed by atoms with Gasteiger partial charge in [0.25, 0.3) is 0 Å². The third-order valence-electron chi connectivity index (χ3n) is 8.28. The number of allylic oxidation sites excluding steroid dienone is 6. The molecule has 0 radical (unpaired) electrons. The predicted octanol–water partition coefficient (Wildman–Crippen LogP) is 11.0. The fourth-order valence-electron chi connectivity index (χ4n) is 5.29. The molecule has 0 aliphatic rings. The van der Waals surface area contributed by atoms with E-state index in [4.69, 9.17) is 24.3 Å². The highest BCUT2D eigenvalue weighted by Gasteiger charge is 2.25. The number of nitrogens with two attached hydrogens (primary N) is 1. The van der Waals surface area contributed by atoms with Crippen LogP contribution in [0.5, 0.6) is 0 Å². The van der Waals surface area contributed by atoms with Gasteiger partial charge in [-0.05, 0) is 51.4 Å². The Bertz CT molecular complexity index is 923. The largest absolute Gasteiger partial charge is 0.472 e. The zero-order valence-electron chi connectivity index (χ0n) is 31.9. The van der Waals surface area contributed by atoms with Gasteiger partial charge >= 0.3 is 19.8 Å². The van der Waals surface area contributed by atoms with Gasteiger partial charge in [0.1, 0.15) is 6.61 Å². The van der Waals surface area contributed by atoms with Crippen LogP contribution in [-0.4, -0.2) is 49.3 Å². The molecule has 0 aliphatic heterocycles. The molecule has 0 aromatic carbocycles. The first kappa shape index (κ1) is 48.2. The minimum atomic E-state index is -4.38. The van der Waals surface area contributed by atoms with Gasteiger partial charge in [-0.2, -0.15) is 0 Å². The molecule has 0 bridgehead atoms. The van der Waals surface area contributed by atoms with Gasteiger partial charge in [0.2, 0.25) is 0 Å². The fraction of sp³-hybridized carbons (Fsp3) is 0.800. The molecule has 9 nitrogen and oxygen atoms in total. The second-order valence-electron chi connectivity index (χ2n) is 13.2. The summed E-state index contributed by atoms with van der Waals surface area (Å²) in [6.07, 6.45) is 38.8. The minimum absolute atomic E-state index is 0.0497. The van der Waals surface area contributed by atoms with Crippen LogP contribution in [0.4, 0.5) is 0 Å². The quantitative estimate of drug-likeness (QED) is 0.0277. The lowest BCUT2D eigenvalue weighted by molar-refractivity contribution is -0.161. The molecule has 10 heteroatoms. The van der Waals surface area contributed by atoms with Crippen LogP contribution < -0.4 is 5.73 Å². The normalized spacial score (nSPS) is 13.8. The molecular formula is C40H74NO8P. The van der Waals surface area contributed by atoms with E-state index in [0.717, 1.165) is 57.8 Å². The molecule has 50 heavy (non-hydrogen) atoms. The third-order valence-corrected chi connectivity index (χ3v) is 9.26. The highest BCUT2D eigenvalue weighted by Crippen LogP contribution is 2.43. The zero-order chi connectivity index (χ0) is 36.8. The van der Waals surface area contributed by atoms with Gasteiger partial charge in [-0.3, -0.25) is 18.6 Å². The molecule has 0 aromatic heterocycles. The minimum Gasteiger partial charge on any atom is -0.462 e. The average molecular weight is 728 g/mol.